The maximum atomic E-state index is 12.5. The highest BCUT2D eigenvalue weighted by molar-refractivity contribution is 7.15. The number of nitrogens with zero attached hydrogens (tertiary/aromatic N) is 3. The maximum Gasteiger partial charge on any atom is 0.329 e. The van der Waals surface area contributed by atoms with Gasteiger partial charge in [0, 0.05) is 24.3 Å². The largest absolute Gasteiger partial charge is 0.479 e. The summed E-state index contributed by atoms with van der Waals surface area (Å²) in [6, 6.07) is 0. The first-order valence-electron chi connectivity index (χ1n) is 7.02. The third-order valence-electron chi connectivity index (χ3n) is 4.25. The molecule has 3 heterocycles. The lowest BCUT2D eigenvalue weighted by atomic mass is 9.92. The van der Waals surface area contributed by atoms with Gasteiger partial charge in [0.2, 0.25) is 5.91 Å². The fourth-order valence-corrected chi connectivity index (χ4v) is 3.81. The van der Waals surface area contributed by atoms with Gasteiger partial charge in [-0.05, 0) is 19.3 Å². The Kier molecular flexibility index (Phi) is 3.44. The molecular weight excluding hydrogens is 290 g/mol. The van der Waals surface area contributed by atoms with Gasteiger partial charge in [0.05, 0.1) is 12.1 Å². The van der Waals surface area contributed by atoms with E-state index in [1.165, 1.54) is 16.2 Å². The molecule has 0 aliphatic carbocycles. The second-order valence-electron chi connectivity index (χ2n) is 5.34. The van der Waals surface area contributed by atoms with Gasteiger partial charge in [0.25, 0.3) is 0 Å². The van der Waals surface area contributed by atoms with Gasteiger partial charge in [-0.1, -0.05) is 6.92 Å². The van der Waals surface area contributed by atoms with Crippen molar-refractivity contribution in [1.29, 1.82) is 0 Å². The molecule has 0 saturated carbocycles. The van der Waals surface area contributed by atoms with Crippen molar-refractivity contribution in [3.05, 3.63) is 23.5 Å². The SMILES string of the molecule is CCC1(C(=O)O)CCCN1C(=O)Cc1cn2ccsc2n1. The number of imidazole rings is 1. The standard InChI is InChI=1S/C14H17N3O3S/c1-2-14(12(19)20)4-3-5-17(14)11(18)8-10-9-16-6-7-21-13(16)15-10/h6-7,9H,2-5,8H2,1H3,(H,19,20). The quantitative estimate of drug-likeness (QED) is 0.934. The minimum atomic E-state index is -1.03. The number of likely N-dealkylation sites (tertiary alicyclic amines) is 1. The molecule has 1 aliphatic rings. The number of thiazole rings is 1. The number of hydrogen-bond donors (Lipinski definition) is 1. The Labute approximate surface area is 126 Å². The molecule has 1 atom stereocenters. The lowest BCUT2D eigenvalue weighted by Gasteiger charge is -2.33. The highest BCUT2D eigenvalue weighted by Gasteiger charge is 2.48. The number of fused-ring (bicyclic) bond motifs is 1. The van der Waals surface area contributed by atoms with E-state index in [1.807, 2.05) is 29.1 Å². The van der Waals surface area contributed by atoms with Gasteiger partial charge < -0.3 is 10.0 Å². The molecule has 1 aliphatic heterocycles. The van der Waals surface area contributed by atoms with Crippen LogP contribution in [0.4, 0.5) is 0 Å². The van der Waals surface area contributed by atoms with Crippen molar-refractivity contribution in [2.24, 2.45) is 0 Å². The van der Waals surface area contributed by atoms with Crippen LogP contribution in [0.3, 0.4) is 0 Å². The Morgan fingerprint density at radius 2 is 2.33 bits per heavy atom. The van der Waals surface area contributed by atoms with Gasteiger partial charge in [-0.2, -0.15) is 0 Å². The van der Waals surface area contributed by atoms with Crippen LogP contribution in [0.25, 0.3) is 4.96 Å². The zero-order valence-corrected chi connectivity index (χ0v) is 12.6. The topological polar surface area (TPSA) is 74.9 Å². The van der Waals surface area contributed by atoms with E-state index in [-0.39, 0.29) is 12.3 Å². The van der Waals surface area contributed by atoms with Crippen molar-refractivity contribution in [3.8, 4) is 0 Å². The van der Waals surface area contributed by atoms with E-state index in [0.717, 1.165) is 11.4 Å². The monoisotopic (exact) mass is 307 g/mol. The molecule has 2 aromatic heterocycles. The Morgan fingerprint density at radius 1 is 1.52 bits per heavy atom. The van der Waals surface area contributed by atoms with E-state index in [4.69, 9.17) is 0 Å². The lowest BCUT2D eigenvalue weighted by molar-refractivity contribution is -0.156. The minimum absolute atomic E-state index is 0.150. The van der Waals surface area contributed by atoms with Crippen molar-refractivity contribution < 1.29 is 14.7 Å². The van der Waals surface area contributed by atoms with Crippen molar-refractivity contribution >= 4 is 28.2 Å². The molecule has 1 N–H and O–H groups in total. The summed E-state index contributed by atoms with van der Waals surface area (Å²) in [4.78, 5) is 30.9. The van der Waals surface area contributed by atoms with Crippen LogP contribution >= 0.6 is 11.3 Å². The fourth-order valence-electron chi connectivity index (χ4n) is 3.09. The molecule has 7 heteroatoms. The molecule has 6 nitrogen and oxygen atoms in total. The van der Waals surface area contributed by atoms with Crippen LogP contribution in [-0.2, 0) is 16.0 Å². The summed E-state index contributed by atoms with van der Waals surface area (Å²) in [6.07, 6.45) is 5.58. The van der Waals surface area contributed by atoms with Crippen LogP contribution in [0.5, 0.6) is 0 Å². The Bertz CT molecular complexity index is 664. The Balaban J connectivity index is 1.81. The average molecular weight is 307 g/mol. The third-order valence-corrected chi connectivity index (χ3v) is 5.02. The van der Waals surface area contributed by atoms with Crippen molar-refractivity contribution in [2.75, 3.05) is 6.54 Å². The smallest absolute Gasteiger partial charge is 0.329 e. The van der Waals surface area contributed by atoms with Gasteiger partial charge >= 0.3 is 5.97 Å². The molecule has 112 valence electrons. The number of carbonyl (C=O) groups excluding carboxylic acids is 1. The average Bonchev–Trinajstić information content (AvgIpc) is 3.11. The van der Waals surface area contributed by atoms with E-state index < -0.39 is 11.5 Å². The maximum absolute atomic E-state index is 12.5. The molecule has 0 aromatic carbocycles. The number of carbonyl (C=O) groups is 2. The van der Waals surface area contributed by atoms with Gasteiger partial charge in [0.15, 0.2) is 4.96 Å². The molecule has 2 aromatic rings. The summed E-state index contributed by atoms with van der Waals surface area (Å²) in [6.45, 7) is 2.34. The Hall–Kier alpha value is -1.89. The molecule has 1 unspecified atom stereocenters. The van der Waals surface area contributed by atoms with Crippen LogP contribution in [0, 0.1) is 0 Å². The molecule has 0 bridgehead atoms. The van der Waals surface area contributed by atoms with E-state index in [0.29, 0.717) is 25.1 Å². The van der Waals surface area contributed by atoms with Crippen molar-refractivity contribution in [2.45, 2.75) is 38.1 Å². The van der Waals surface area contributed by atoms with Crippen LogP contribution in [0.1, 0.15) is 31.9 Å². The molecular formula is C14H17N3O3S. The zero-order chi connectivity index (χ0) is 15.0. The predicted molar refractivity (Wildman–Crippen MR) is 78.4 cm³/mol. The second-order valence-corrected chi connectivity index (χ2v) is 6.21. The third kappa shape index (κ3) is 2.21. The molecule has 21 heavy (non-hydrogen) atoms. The number of carboxylic acids is 1. The summed E-state index contributed by atoms with van der Waals surface area (Å²) < 4.78 is 1.88. The van der Waals surface area contributed by atoms with Gasteiger partial charge in [-0.15, -0.1) is 11.3 Å². The zero-order valence-electron chi connectivity index (χ0n) is 11.8. The summed E-state index contributed by atoms with van der Waals surface area (Å²) in [5, 5.41) is 11.4. The molecule has 0 radical (unpaired) electrons. The first kappa shape index (κ1) is 14.1. The normalized spacial score (nSPS) is 22.0. The van der Waals surface area contributed by atoms with Crippen LogP contribution in [-0.4, -0.2) is 43.4 Å². The number of amides is 1. The molecule has 3 rings (SSSR count). The summed E-state index contributed by atoms with van der Waals surface area (Å²) in [5.74, 6) is -1.05. The molecule has 1 fully saturated rings. The lowest BCUT2D eigenvalue weighted by Crippen LogP contribution is -2.53. The van der Waals surface area contributed by atoms with Crippen LogP contribution < -0.4 is 0 Å². The van der Waals surface area contributed by atoms with Crippen molar-refractivity contribution in [3.63, 3.8) is 0 Å². The van der Waals surface area contributed by atoms with E-state index in [2.05, 4.69) is 4.98 Å². The first-order chi connectivity index (χ1) is 10.1. The molecule has 0 spiro atoms. The highest BCUT2D eigenvalue weighted by atomic mass is 32.1. The number of hydrogen-bond acceptors (Lipinski definition) is 4. The van der Waals surface area contributed by atoms with E-state index >= 15 is 0 Å². The fraction of sp³-hybridized carbons (Fsp3) is 0.500. The van der Waals surface area contributed by atoms with Gasteiger partial charge in [-0.25, -0.2) is 9.78 Å². The van der Waals surface area contributed by atoms with Crippen LogP contribution in [0.15, 0.2) is 17.8 Å². The van der Waals surface area contributed by atoms with Crippen molar-refractivity contribution in [1.82, 2.24) is 14.3 Å². The Morgan fingerprint density at radius 3 is 3.00 bits per heavy atom. The predicted octanol–water partition coefficient (Wildman–Crippen LogP) is 1.79. The number of rotatable bonds is 4. The van der Waals surface area contributed by atoms with Crippen LogP contribution in [0.2, 0.25) is 0 Å². The summed E-state index contributed by atoms with van der Waals surface area (Å²) in [5.41, 5.74) is -0.345. The van der Waals surface area contributed by atoms with E-state index in [1.54, 1.807) is 0 Å². The first-order valence-corrected chi connectivity index (χ1v) is 7.90. The number of carboxylic acid groups (broad SMARTS) is 1. The van der Waals surface area contributed by atoms with E-state index in [9.17, 15) is 14.7 Å². The number of aromatic nitrogens is 2. The minimum Gasteiger partial charge on any atom is -0.479 e. The number of aliphatic carboxylic acids is 1. The second kappa shape index (κ2) is 5.14. The highest BCUT2D eigenvalue weighted by Crippen LogP contribution is 2.33. The molecule has 1 amide bonds. The summed E-state index contributed by atoms with van der Waals surface area (Å²) in [7, 11) is 0. The summed E-state index contributed by atoms with van der Waals surface area (Å²) >= 11 is 1.51. The van der Waals surface area contributed by atoms with Gasteiger partial charge in [-0.3, -0.25) is 9.20 Å². The van der Waals surface area contributed by atoms with Gasteiger partial charge in [0.1, 0.15) is 5.54 Å². The molecule has 1 saturated heterocycles.